The van der Waals surface area contributed by atoms with E-state index in [1.165, 1.54) is 17.8 Å². The number of aliphatic hydroxyl groups is 1. The Kier molecular flexibility index (Phi) is 12.0. The third-order valence-corrected chi connectivity index (χ3v) is 10.3. The molecule has 0 bridgehead atoms. The third kappa shape index (κ3) is 8.84. The van der Waals surface area contributed by atoms with E-state index in [2.05, 4.69) is 31.0 Å². The Morgan fingerprint density at radius 1 is 0.815 bits per heavy atom. The predicted octanol–water partition coefficient (Wildman–Crippen LogP) is 10.2. The molecular weight excluding hydrogens is 697 g/mol. The molecule has 1 aliphatic heterocycles. The lowest BCUT2D eigenvalue weighted by molar-refractivity contribution is -0.268. The van der Waals surface area contributed by atoms with Crippen molar-refractivity contribution in [1.29, 1.82) is 0 Å². The molecule has 9 heteroatoms. The van der Waals surface area contributed by atoms with Gasteiger partial charge in [-0.05, 0) is 33.9 Å². The highest BCUT2D eigenvalue weighted by molar-refractivity contribution is 7.99. The maximum atomic E-state index is 11.9. The highest BCUT2D eigenvalue weighted by Crippen LogP contribution is 2.44. The first-order valence-electron chi connectivity index (χ1n) is 17.9. The lowest BCUT2D eigenvalue weighted by atomic mass is 9.91. The zero-order chi connectivity index (χ0) is 37.3. The minimum atomic E-state index is -0.621. The van der Waals surface area contributed by atoms with E-state index < -0.39 is 12.4 Å². The number of carbonyl (C=O) groups excluding carboxylic acids is 1. The average Bonchev–Trinajstić information content (AvgIpc) is 3.67. The second-order valence-electron chi connectivity index (χ2n) is 13.1. The van der Waals surface area contributed by atoms with Crippen molar-refractivity contribution in [2.24, 2.45) is 5.92 Å². The molecule has 54 heavy (non-hydrogen) atoms. The smallest absolute Gasteiger partial charge is 0.407 e. The van der Waals surface area contributed by atoms with E-state index in [0.29, 0.717) is 17.5 Å². The number of amides is 1. The van der Waals surface area contributed by atoms with Gasteiger partial charge in [-0.1, -0.05) is 159 Å². The van der Waals surface area contributed by atoms with Crippen LogP contribution in [0.3, 0.4) is 0 Å². The zero-order valence-electron chi connectivity index (χ0n) is 30.0. The number of thioether (sulfide) groups is 1. The molecule has 0 aliphatic carbocycles. The molecule has 1 fully saturated rings. The number of nitrogens with zero attached hydrogens (tertiary/aromatic N) is 1. The molecule has 0 unspecified atom stereocenters. The molecular formula is C45H42N2O6S. The first kappa shape index (κ1) is 36.9. The fraction of sp³-hybridized carbons (Fsp3) is 0.200. The van der Waals surface area contributed by atoms with Crippen LogP contribution in [0.4, 0.5) is 4.79 Å². The van der Waals surface area contributed by atoms with Crippen LogP contribution >= 0.6 is 11.8 Å². The standard InChI is InChI=1S/C45H42N2O6S/c1-3-25-50-44(49)46-27-32-11-10-16-38(26-32)33-21-23-37(24-22-33)43-51-39(30(2)41(52-43)36-19-17-31(28-48)18-20-36)29-54-45-47-40(34-12-6-4-7-13-34)42(53-45)35-14-8-5-9-15-35/h3-24,26,30,39,41,43,48H,1,25,27-29H2,2H3,(H,46,49)/t30-,39+,41+,43+/m0/s1. The van der Waals surface area contributed by atoms with Crippen LogP contribution in [0.15, 0.2) is 156 Å². The van der Waals surface area contributed by atoms with Gasteiger partial charge in [0.25, 0.3) is 5.22 Å². The van der Waals surface area contributed by atoms with E-state index in [-0.39, 0.29) is 31.3 Å². The number of alkyl carbamates (subject to hydrolysis) is 1. The van der Waals surface area contributed by atoms with E-state index in [1.54, 1.807) is 0 Å². The summed E-state index contributed by atoms with van der Waals surface area (Å²) >= 11 is 1.54. The summed E-state index contributed by atoms with van der Waals surface area (Å²) in [6.07, 6.45) is -0.0343. The van der Waals surface area contributed by atoms with Gasteiger partial charge in [-0.3, -0.25) is 0 Å². The summed E-state index contributed by atoms with van der Waals surface area (Å²) in [5.41, 5.74) is 8.52. The number of nitrogens with one attached hydrogen (secondary N) is 1. The van der Waals surface area contributed by atoms with Crippen LogP contribution in [-0.2, 0) is 27.4 Å². The number of hydrogen-bond acceptors (Lipinski definition) is 8. The van der Waals surface area contributed by atoms with Gasteiger partial charge in [0, 0.05) is 34.9 Å². The SMILES string of the molecule is C=CCOC(=O)NCc1cccc(-c2ccc([C@@H]3O[C@H](CSc4nc(-c5ccccc5)c(-c5ccccc5)o4)[C@H](C)[C@H](c4ccc(CO)cc4)O3)cc2)c1. The molecule has 5 aromatic carbocycles. The van der Waals surface area contributed by atoms with Crippen molar-refractivity contribution in [1.82, 2.24) is 10.3 Å². The summed E-state index contributed by atoms with van der Waals surface area (Å²) in [6, 6.07) is 44.3. The molecule has 0 saturated carbocycles. The Balaban J connectivity index is 1.11. The van der Waals surface area contributed by atoms with Gasteiger partial charge in [-0.2, -0.15) is 0 Å². The first-order chi connectivity index (χ1) is 26.5. The van der Waals surface area contributed by atoms with Crippen molar-refractivity contribution in [3.8, 4) is 33.7 Å². The number of aliphatic hydroxyl groups excluding tert-OH is 1. The Labute approximate surface area is 319 Å². The Morgan fingerprint density at radius 2 is 1.50 bits per heavy atom. The molecule has 1 aliphatic rings. The number of oxazole rings is 1. The fourth-order valence-corrected chi connectivity index (χ4v) is 7.44. The van der Waals surface area contributed by atoms with Gasteiger partial charge in [0.2, 0.25) is 0 Å². The molecule has 2 N–H and O–H groups in total. The summed E-state index contributed by atoms with van der Waals surface area (Å²) < 4.78 is 24.9. The van der Waals surface area contributed by atoms with E-state index in [4.69, 9.17) is 23.6 Å². The number of rotatable bonds is 13. The van der Waals surface area contributed by atoms with Crippen molar-refractivity contribution >= 4 is 17.9 Å². The van der Waals surface area contributed by atoms with Gasteiger partial charge < -0.3 is 29.1 Å². The topological polar surface area (TPSA) is 103 Å². The summed E-state index contributed by atoms with van der Waals surface area (Å²) in [5.74, 6) is 1.32. The molecule has 4 atom stereocenters. The fourth-order valence-electron chi connectivity index (χ4n) is 6.46. The van der Waals surface area contributed by atoms with Crippen molar-refractivity contribution in [3.05, 3.63) is 168 Å². The van der Waals surface area contributed by atoms with Crippen LogP contribution in [0.5, 0.6) is 0 Å². The van der Waals surface area contributed by atoms with Crippen molar-refractivity contribution < 1.29 is 28.5 Å². The molecule has 6 aromatic rings. The molecule has 2 heterocycles. The highest BCUT2D eigenvalue weighted by atomic mass is 32.2. The minimum absolute atomic E-state index is 0.00412. The lowest BCUT2D eigenvalue weighted by Gasteiger charge is -2.41. The van der Waals surface area contributed by atoms with Crippen molar-refractivity contribution in [2.45, 2.75) is 43.8 Å². The predicted molar refractivity (Wildman–Crippen MR) is 211 cm³/mol. The Bertz CT molecular complexity index is 2080. The second-order valence-corrected chi connectivity index (χ2v) is 14.1. The number of aromatic nitrogens is 1. The van der Waals surface area contributed by atoms with Gasteiger partial charge in [-0.15, -0.1) is 0 Å². The number of benzene rings is 5. The van der Waals surface area contributed by atoms with Crippen LogP contribution in [0.25, 0.3) is 33.7 Å². The average molecular weight is 739 g/mol. The Hall–Kier alpha value is -5.45. The van der Waals surface area contributed by atoms with Crippen molar-refractivity contribution in [2.75, 3.05) is 12.4 Å². The first-order valence-corrected chi connectivity index (χ1v) is 18.9. The third-order valence-electron chi connectivity index (χ3n) is 9.40. The molecule has 8 nitrogen and oxygen atoms in total. The highest BCUT2D eigenvalue weighted by Gasteiger charge is 2.38. The number of hydrogen-bond donors (Lipinski definition) is 2. The van der Waals surface area contributed by atoms with E-state index in [0.717, 1.165) is 56.0 Å². The second kappa shape index (κ2) is 17.6. The van der Waals surface area contributed by atoms with E-state index in [9.17, 15) is 9.90 Å². The summed E-state index contributed by atoms with van der Waals surface area (Å²) in [5, 5.41) is 13.0. The van der Waals surface area contributed by atoms with Gasteiger partial charge in [0.15, 0.2) is 12.1 Å². The number of carbonyl (C=O) groups is 1. The van der Waals surface area contributed by atoms with Crippen molar-refractivity contribution in [3.63, 3.8) is 0 Å². The monoisotopic (exact) mass is 738 g/mol. The number of ether oxygens (including phenoxy) is 3. The van der Waals surface area contributed by atoms with Crippen LogP contribution in [-0.4, -0.2) is 34.6 Å². The molecule has 1 amide bonds. The van der Waals surface area contributed by atoms with Gasteiger partial charge in [-0.25, -0.2) is 9.78 Å². The van der Waals surface area contributed by atoms with Gasteiger partial charge in [0.1, 0.15) is 12.3 Å². The molecule has 0 spiro atoms. The summed E-state index contributed by atoms with van der Waals surface area (Å²) in [7, 11) is 0. The minimum Gasteiger partial charge on any atom is -0.445 e. The lowest BCUT2D eigenvalue weighted by Crippen LogP contribution is -2.38. The molecule has 274 valence electrons. The quantitative estimate of drug-likeness (QED) is 0.0892. The molecule has 0 radical (unpaired) electrons. The molecule has 1 aromatic heterocycles. The normalized spacial score (nSPS) is 18.2. The van der Waals surface area contributed by atoms with E-state index in [1.807, 2.05) is 121 Å². The largest absolute Gasteiger partial charge is 0.445 e. The molecule has 1 saturated heterocycles. The zero-order valence-corrected chi connectivity index (χ0v) is 30.8. The van der Waals surface area contributed by atoms with Crippen LogP contribution in [0, 0.1) is 5.92 Å². The van der Waals surface area contributed by atoms with Crippen LogP contribution in [0.2, 0.25) is 0 Å². The Morgan fingerprint density at radius 3 is 2.20 bits per heavy atom. The van der Waals surface area contributed by atoms with Gasteiger partial charge in [0.05, 0.1) is 18.8 Å². The maximum Gasteiger partial charge on any atom is 0.407 e. The maximum absolute atomic E-state index is 11.9. The summed E-state index contributed by atoms with van der Waals surface area (Å²) in [4.78, 5) is 16.9. The summed E-state index contributed by atoms with van der Waals surface area (Å²) in [6.45, 7) is 6.20. The van der Waals surface area contributed by atoms with Crippen LogP contribution in [0.1, 0.15) is 41.6 Å². The van der Waals surface area contributed by atoms with Gasteiger partial charge >= 0.3 is 6.09 Å². The van der Waals surface area contributed by atoms with E-state index >= 15 is 0 Å². The van der Waals surface area contributed by atoms with Crippen LogP contribution < -0.4 is 5.32 Å². The molecule has 7 rings (SSSR count).